The largest absolute Gasteiger partial charge is 0.395 e. The molecular formula is C14H22N2O2. The second-order valence-corrected chi connectivity index (χ2v) is 4.51. The van der Waals surface area contributed by atoms with Crippen molar-refractivity contribution in [3.8, 4) is 0 Å². The number of carbonyl (C=O) groups is 1. The molecule has 100 valence electrons. The predicted octanol–water partition coefficient (Wildman–Crippen LogP) is 1.30. The lowest BCUT2D eigenvalue weighted by Crippen LogP contribution is -2.27. The molecule has 3 N–H and O–H groups in total. The third-order valence-electron chi connectivity index (χ3n) is 2.98. The number of rotatable bonds is 7. The molecule has 0 aliphatic heterocycles. The summed E-state index contributed by atoms with van der Waals surface area (Å²) >= 11 is 0. The minimum atomic E-state index is -0.398. The summed E-state index contributed by atoms with van der Waals surface area (Å²) in [5.74, 6) is -0.398. The quantitative estimate of drug-likeness (QED) is 0.766. The van der Waals surface area contributed by atoms with E-state index in [4.69, 9.17) is 10.8 Å². The van der Waals surface area contributed by atoms with Crippen molar-refractivity contribution in [3.05, 3.63) is 34.9 Å². The molecule has 1 aromatic rings. The fourth-order valence-corrected chi connectivity index (χ4v) is 2.00. The molecule has 0 saturated heterocycles. The minimum absolute atomic E-state index is 0.165. The van der Waals surface area contributed by atoms with E-state index in [0.717, 1.165) is 25.1 Å². The van der Waals surface area contributed by atoms with Crippen molar-refractivity contribution in [3.63, 3.8) is 0 Å². The van der Waals surface area contributed by atoms with E-state index in [1.165, 1.54) is 5.56 Å². The molecule has 1 aromatic carbocycles. The van der Waals surface area contributed by atoms with Crippen LogP contribution in [0, 0.1) is 6.92 Å². The third kappa shape index (κ3) is 4.13. The molecule has 4 nitrogen and oxygen atoms in total. The van der Waals surface area contributed by atoms with Crippen molar-refractivity contribution in [2.45, 2.75) is 26.8 Å². The highest BCUT2D eigenvalue weighted by Crippen LogP contribution is 2.13. The van der Waals surface area contributed by atoms with Gasteiger partial charge in [-0.15, -0.1) is 0 Å². The number of carbonyl (C=O) groups excluding carboxylic acids is 1. The Labute approximate surface area is 108 Å². The van der Waals surface area contributed by atoms with Crippen LogP contribution < -0.4 is 5.73 Å². The summed E-state index contributed by atoms with van der Waals surface area (Å²) < 4.78 is 0. The number of amides is 1. The van der Waals surface area contributed by atoms with Crippen LogP contribution in [0.3, 0.4) is 0 Å². The monoisotopic (exact) mass is 250 g/mol. The van der Waals surface area contributed by atoms with Crippen molar-refractivity contribution in [2.75, 3.05) is 19.7 Å². The van der Waals surface area contributed by atoms with Gasteiger partial charge in [0.2, 0.25) is 5.91 Å². The van der Waals surface area contributed by atoms with Gasteiger partial charge in [0.1, 0.15) is 0 Å². The van der Waals surface area contributed by atoms with E-state index < -0.39 is 5.91 Å². The van der Waals surface area contributed by atoms with E-state index in [1.807, 2.05) is 19.1 Å². The third-order valence-corrected chi connectivity index (χ3v) is 2.98. The van der Waals surface area contributed by atoms with Gasteiger partial charge in [0.15, 0.2) is 0 Å². The maximum Gasteiger partial charge on any atom is 0.248 e. The summed E-state index contributed by atoms with van der Waals surface area (Å²) in [6.45, 7) is 6.68. The van der Waals surface area contributed by atoms with Crippen molar-refractivity contribution >= 4 is 5.91 Å². The molecule has 0 unspecified atom stereocenters. The van der Waals surface area contributed by atoms with Gasteiger partial charge >= 0.3 is 0 Å². The maximum absolute atomic E-state index is 11.1. The van der Waals surface area contributed by atoms with E-state index in [1.54, 1.807) is 6.07 Å². The normalized spacial score (nSPS) is 10.9. The first-order chi connectivity index (χ1) is 8.58. The van der Waals surface area contributed by atoms with Gasteiger partial charge in [-0.2, -0.15) is 0 Å². The van der Waals surface area contributed by atoms with Crippen LogP contribution in [0.4, 0.5) is 0 Å². The number of hydrogen-bond acceptors (Lipinski definition) is 3. The van der Waals surface area contributed by atoms with E-state index in [9.17, 15) is 4.79 Å². The highest BCUT2D eigenvalue weighted by molar-refractivity contribution is 5.93. The minimum Gasteiger partial charge on any atom is -0.395 e. The van der Waals surface area contributed by atoms with Crippen LogP contribution >= 0.6 is 0 Å². The molecule has 0 fully saturated rings. The van der Waals surface area contributed by atoms with E-state index in [2.05, 4.69) is 11.8 Å². The molecule has 1 amide bonds. The molecule has 0 aliphatic carbocycles. The Hall–Kier alpha value is -1.39. The summed E-state index contributed by atoms with van der Waals surface area (Å²) in [5, 5.41) is 9.02. The van der Waals surface area contributed by atoms with E-state index in [0.29, 0.717) is 12.1 Å². The lowest BCUT2D eigenvalue weighted by molar-refractivity contribution is 0.1000. The average Bonchev–Trinajstić information content (AvgIpc) is 2.32. The molecule has 0 heterocycles. The Morgan fingerprint density at radius 3 is 2.61 bits per heavy atom. The number of aryl methyl sites for hydroxylation is 1. The number of hydrogen-bond donors (Lipinski definition) is 2. The van der Waals surface area contributed by atoms with Gasteiger partial charge in [0, 0.05) is 18.7 Å². The van der Waals surface area contributed by atoms with Crippen molar-refractivity contribution in [1.82, 2.24) is 4.90 Å². The van der Waals surface area contributed by atoms with Gasteiger partial charge in [0.05, 0.1) is 6.61 Å². The topological polar surface area (TPSA) is 66.6 Å². The number of aliphatic hydroxyl groups is 1. The van der Waals surface area contributed by atoms with Crippen LogP contribution in [0.25, 0.3) is 0 Å². The summed E-state index contributed by atoms with van der Waals surface area (Å²) in [5.41, 5.74) is 8.02. The zero-order valence-corrected chi connectivity index (χ0v) is 11.1. The zero-order chi connectivity index (χ0) is 13.5. The zero-order valence-electron chi connectivity index (χ0n) is 11.1. The summed E-state index contributed by atoms with van der Waals surface area (Å²) in [4.78, 5) is 13.3. The second-order valence-electron chi connectivity index (χ2n) is 4.51. The Morgan fingerprint density at radius 2 is 2.11 bits per heavy atom. The van der Waals surface area contributed by atoms with Gasteiger partial charge in [0.25, 0.3) is 0 Å². The van der Waals surface area contributed by atoms with Gasteiger partial charge in [-0.05, 0) is 43.1 Å². The van der Waals surface area contributed by atoms with Gasteiger partial charge in [-0.25, -0.2) is 0 Å². The molecule has 18 heavy (non-hydrogen) atoms. The van der Waals surface area contributed by atoms with Crippen molar-refractivity contribution < 1.29 is 9.90 Å². The van der Waals surface area contributed by atoms with Crippen LogP contribution in [0.1, 0.15) is 34.8 Å². The Balaban J connectivity index is 2.79. The fourth-order valence-electron chi connectivity index (χ4n) is 2.00. The van der Waals surface area contributed by atoms with E-state index in [-0.39, 0.29) is 6.61 Å². The average molecular weight is 250 g/mol. The standard InChI is InChI=1S/C14H22N2O2/c1-3-6-16(7-8-17)10-13-5-4-12(14(15)18)9-11(13)2/h4-5,9,17H,3,6-8,10H2,1-2H3,(H2,15,18). The lowest BCUT2D eigenvalue weighted by atomic mass is 10.0. The Bertz CT molecular complexity index is 399. The first-order valence-corrected chi connectivity index (χ1v) is 6.31. The Kier molecular flexibility index (Phi) is 5.82. The van der Waals surface area contributed by atoms with E-state index >= 15 is 0 Å². The first kappa shape index (κ1) is 14.7. The van der Waals surface area contributed by atoms with Crippen molar-refractivity contribution in [2.24, 2.45) is 5.73 Å². The molecule has 4 heteroatoms. The molecule has 0 aromatic heterocycles. The smallest absolute Gasteiger partial charge is 0.248 e. The van der Waals surface area contributed by atoms with Crippen molar-refractivity contribution in [1.29, 1.82) is 0 Å². The number of nitrogens with two attached hydrogens (primary N) is 1. The SMILES string of the molecule is CCCN(CCO)Cc1ccc(C(N)=O)cc1C. The predicted molar refractivity (Wildman–Crippen MR) is 72.4 cm³/mol. The maximum atomic E-state index is 11.1. The molecule has 0 saturated carbocycles. The van der Waals surface area contributed by atoms with Crippen LogP contribution in [-0.4, -0.2) is 35.6 Å². The summed E-state index contributed by atoms with van der Waals surface area (Å²) in [6, 6.07) is 5.52. The molecule has 0 bridgehead atoms. The highest BCUT2D eigenvalue weighted by atomic mass is 16.3. The molecular weight excluding hydrogens is 228 g/mol. The van der Waals surface area contributed by atoms with Gasteiger partial charge in [-0.3, -0.25) is 9.69 Å². The van der Waals surface area contributed by atoms with Gasteiger partial charge < -0.3 is 10.8 Å². The molecule has 0 atom stereocenters. The van der Waals surface area contributed by atoms with Gasteiger partial charge in [-0.1, -0.05) is 13.0 Å². The Morgan fingerprint density at radius 1 is 1.39 bits per heavy atom. The molecule has 1 rings (SSSR count). The molecule has 0 radical (unpaired) electrons. The number of benzene rings is 1. The molecule has 0 spiro atoms. The number of aliphatic hydroxyl groups excluding tert-OH is 1. The molecule has 0 aliphatic rings. The van der Waals surface area contributed by atoms with Crippen LogP contribution in [0.5, 0.6) is 0 Å². The van der Waals surface area contributed by atoms with Crippen LogP contribution in [0.15, 0.2) is 18.2 Å². The highest BCUT2D eigenvalue weighted by Gasteiger charge is 2.08. The second kappa shape index (κ2) is 7.13. The first-order valence-electron chi connectivity index (χ1n) is 6.31. The number of nitrogens with zero attached hydrogens (tertiary/aromatic N) is 1. The number of primary amides is 1. The van der Waals surface area contributed by atoms with Crippen LogP contribution in [-0.2, 0) is 6.54 Å². The fraction of sp³-hybridized carbons (Fsp3) is 0.500. The lowest BCUT2D eigenvalue weighted by Gasteiger charge is -2.21. The summed E-state index contributed by atoms with van der Waals surface area (Å²) in [6.07, 6.45) is 1.05. The summed E-state index contributed by atoms with van der Waals surface area (Å²) in [7, 11) is 0. The van der Waals surface area contributed by atoms with Crippen LogP contribution in [0.2, 0.25) is 0 Å².